The van der Waals surface area contributed by atoms with Gasteiger partial charge in [0.25, 0.3) is 5.91 Å². The molecule has 0 saturated carbocycles. The summed E-state index contributed by atoms with van der Waals surface area (Å²) in [5.74, 6) is 1.16. The Morgan fingerprint density at radius 3 is 2.79 bits per heavy atom. The van der Waals surface area contributed by atoms with Crippen molar-refractivity contribution in [2.45, 2.75) is 19.8 Å². The highest BCUT2D eigenvalue weighted by atomic mass is 35.5. The van der Waals surface area contributed by atoms with Gasteiger partial charge in [-0.1, -0.05) is 22.8 Å². The van der Waals surface area contributed by atoms with Gasteiger partial charge in [-0.3, -0.25) is 19.9 Å². The van der Waals surface area contributed by atoms with Crippen molar-refractivity contribution in [2.24, 2.45) is 0 Å². The molecule has 1 aliphatic heterocycles. The number of carbonyl (C=O) groups excluding carboxylic acids is 2. The van der Waals surface area contributed by atoms with Gasteiger partial charge in [-0.25, -0.2) is 0 Å². The molecule has 10 heteroatoms. The van der Waals surface area contributed by atoms with Gasteiger partial charge >= 0.3 is 0 Å². The zero-order valence-corrected chi connectivity index (χ0v) is 19.2. The Hall–Kier alpha value is -3.43. The van der Waals surface area contributed by atoms with Crippen LogP contribution in [0.1, 0.15) is 27.3 Å². The van der Waals surface area contributed by atoms with Crippen molar-refractivity contribution in [1.82, 2.24) is 15.0 Å². The summed E-state index contributed by atoms with van der Waals surface area (Å²) in [4.78, 5) is 31.7. The normalized spacial score (nSPS) is 13.1. The van der Waals surface area contributed by atoms with E-state index in [2.05, 4.69) is 15.5 Å². The maximum atomic E-state index is 12.6. The highest BCUT2D eigenvalue weighted by Gasteiger charge is 2.24. The molecule has 0 radical (unpaired) electrons. The molecular weight excluding hydrogens is 464 g/mol. The number of pyridine rings is 1. The first-order valence-corrected chi connectivity index (χ1v) is 11.5. The molecule has 1 saturated heterocycles. The number of amides is 2. The Labute approximate surface area is 198 Å². The summed E-state index contributed by atoms with van der Waals surface area (Å²) in [6, 6.07) is 10.4. The lowest BCUT2D eigenvalue weighted by Crippen LogP contribution is -2.41. The average Bonchev–Trinajstić information content (AvgIpc) is 3.35. The molecule has 1 aromatic carbocycles. The lowest BCUT2D eigenvalue weighted by atomic mass is 10.1. The summed E-state index contributed by atoms with van der Waals surface area (Å²) in [5, 5.41) is 6.79. The summed E-state index contributed by atoms with van der Waals surface area (Å²) in [6.07, 6.45) is 2.76. The van der Waals surface area contributed by atoms with Crippen LogP contribution in [0.5, 0.6) is 11.5 Å². The topological polar surface area (TPSA) is 97.6 Å². The third kappa shape index (κ3) is 4.55. The molecule has 8 nitrogen and oxygen atoms in total. The van der Waals surface area contributed by atoms with Crippen molar-refractivity contribution in [1.29, 1.82) is 0 Å². The molecule has 0 unspecified atom stereocenters. The van der Waals surface area contributed by atoms with Crippen LogP contribution < -0.4 is 10.1 Å². The number of anilines is 1. The van der Waals surface area contributed by atoms with E-state index in [0.717, 1.165) is 24.2 Å². The van der Waals surface area contributed by atoms with Crippen LogP contribution in [0.15, 0.2) is 47.1 Å². The molecule has 168 valence electrons. The first kappa shape index (κ1) is 21.4. The number of fused-ring (bicyclic) bond motifs is 1. The summed E-state index contributed by atoms with van der Waals surface area (Å²) < 4.78 is 11.9. The molecule has 1 fully saturated rings. The van der Waals surface area contributed by atoms with Crippen molar-refractivity contribution >= 4 is 50.9 Å². The number of benzene rings is 1. The smallest absolute Gasteiger partial charge is 0.264 e. The molecule has 0 bridgehead atoms. The van der Waals surface area contributed by atoms with Crippen molar-refractivity contribution < 1.29 is 18.8 Å². The summed E-state index contributed by atoms with van der Waals surface area (Å²) in [5.41, 5.74) is 2.04. The van der Waals surface area contributed by atoms with Crippen molar-refractivity contribution in [3.8, 4) is 11.5 Å². The lowest BCUT2D eigenvalue weighted by Gasteiger charge is -2.30. The molecule has 1 N–H and O–H groups in total. The molecule has 5 rings (SSSR count). The Morgan fingerprint density at radius 1 is 1.24 bits per heavy atom. The molecule has 2 amide bonds. The SMILES string of the molecule is Cc1cc(NC(=O)Cc2ccc(Oc3ccnc4cc(C(=O)N5CCC5)sc34)cc2Cl)on1. The Morgan fingerprint density at radius 2 is 2.09 bits per heavy atom. The zero-order valence-electron chi connectivity index (χ0n) is 17.6. The van der Waals surface area contributed by atoms with Crippen molar-refractivity contribution in [3.05, 3.63) is 63.8 Å². The fourth-order valence-corrected chi connectivity index (χ4v) is 4.69. The van der Waals surface area contributed by atoms with Crippen LogP contribution in [0.4, 0.5) is 5.88 Å². The third-order valence-corrected chi connectivity index (χ3v) is 6.70. The maximum absolute atomic E-state index is 12.6. The van der Waals surface area contributed by atoms with E-state index in [1.807, 2.05) is 4.90 Å². The van der Waals surface area contributed by atoms with Crippen molar-refractivity contribution in [3.63, 3.8) is 0 Å². The number of carbonyl (C=O) groups is 2. The summed E-state index contributed by atoms with van der Waals surface area (Å²) >= 11 is 7.78. The Balaban J connectivity index is 1.31. The average molecular weight is 483 g/mol. The molecule has 4 aromatic rings. The number of hydrogen-bond acceptors (Lipinski definition) is 7. The minimum Gasteiger partial charge on any atom is -0.456 e. The van der Waals surface area contributed by atoms with Crippen LogP contribution in [0.2, 0.25) is 5.02 Å². The monoisotopic (exact) mass is 482 g/mol. The van der Waals surface area contributed by atoms with E-state index in [1.54, 1.807) is 49.5 Å². The number of thiophene rings is 1. The zero-order chi connectivity index (χ0) is 22.9. The summed E-state index contributed by atoms with van der Waals surface area (Å²) in [6.45, 7) is 3.36. The lowest BCUT2D eigenvalue weighted by molar-refractivity contribution is -0.115. The number of aromatic nitrogens is 2. The van der Waals surface area contributed by atoms with E-state index in [0.29, 0.717) is 38.2 Å². The standard InChI is InChI=1S/C23H19ClN4O4S/c1-13-9-21(32-27-13)26-20(29)10-14-3-4-15(11-16(14)24)31-18-5-6-25-17-12-19(33-22(17)18)23(30)28-7-2-8-28/h3-6,9,11-12H,2,7-8,10H2,1H3,(H,26,29). The second-order valence-electron chi connectivity index (χ2n) is 7.69. The minimum atomic E-state index is -0.268. The van der Waals surface area contributed by atoms with Gasteiger partial charge in [0.2, 0.25) is 11.8 Å². The molecule has 1 aliphatic rings. The Kier molecular flexibility index (Phi) is 5.74. The fraction of sp³-hybridized carbons (Fsp3) is 0.217. The van der Waals surface area contributed by atoms with Gasteiger partial charge in [0.15, 0.2) is 0 Å². The van der Waals surface area contributed by atoms with Crippen LogP contribution in [-0.4, -0.2) is 39.9 Å². The minimum absolute atomic E-state index is 0.0290. The number of nitrogens with zero attached hydrogens (tertiary/aromatic N) is 3. The molecule has 4 heterocycles. The number of nitrogens with one attached hydrogen (secondary N) is 1. The van der Waals surface area contributed by atoms with Gasteiger partial charge in [0.05, 0.1) is 27.2 Å². The molecule has 0 aliphatic carbocycles. The van der Waals surface area contributed by atoms with Crippen molar-refractivity contribution in [2.75, 3.05) is 18.4 Å². The second kappa shape index (κ2) is 8.84. The number of halogens is 1. The first-order chi connectivity index (χ1) is 16.0. The second-order valence-corrected chi connectivity index (χ2v) is 9.15. The predicted molar refractivity (Wildman–Crippen MR) is 125 cm³/mol. The largest absolute Gasteiger partial charge is 0.456 e. The maximum Gasteiger partial charge on any atom is 0.264 e. The number of hydrogen-bond donors (Lipinski definition) is 1. The van der Waals surface area contributed by atoms with Crippen LogP contribution in [0, 0.1) is 6.92 Å². The Bertz CT molecular complexity index is 1360. The van der Waals surface area contributed by atoms with Crippen LogP contribution in [0.25, 0.3) is 10.2 Å². The van der Waals surface area contributed by atoms with E-state index in [9.17, 15) is 9.59 Å². The van der Waals surface area contributed by atoms with E-state index < -0.39 is 0 Å². The first-order valence-electron chi connectivity index (χ1n) is 10.3. The fourth-order valence-electron chi connectivity index (χ4n) is 3.41. The van der Waals surface area contributed by atoms with E-state index >= 15 is 0 Å². The number of aryl methyl sites for hydroxylation is 1. The number of ether oxygens (including phenoxy) is 1. The highest BCUT2D eigenvalue weighted by Crippen LogP contribution is 2.36. The number of likely N-dealkylation sites (tertiary alicyclic amines) is 1. The van der Waals surface area contributed by atoms with Gasteiger partial charge < -0.3 is 14.2 Å². The highest BCUT2D eigenvalue weighted by molar-refractivity contribution is 7.21. The van der Waals surface area contributed by atoms with Gasteiger partial charge in [0, 0.05) is 36.4 Å². The van der Waals surface area contributed by atoms with E-state index in [4.69, 9.17) is 20.9 Å². The quantitative estimate of drug-likeness (QED) is 0.412. The van der Waals surface area contributed by atoms with Crippen LogP contribution >= 0.6 is 22.9 Å². The molecule has 0 atom stereocenters. The van der Waals surface area contributed by atoms with Gasteiger partial charge in [0.1, 0.15) is 11.5 Å². The third-order valence-electron chi connectivity index (χ3n) is 5.22. The van der Waals surface area contributed by atoms with Crippen LogP contribution in [-0.2, 0) is 11.2 Å². The predicted octanol–water partition coefficient (Wildman–Crippen LogP) is 5.07. The molecular formula is C23H19ClN4O4S. The van der Waals surface area contributed by atoms with Crippen LogP contribution in [0.3, 0.4) is 0 Å². The van der Waals surface area contributed by atoms with Gasteiger partial charge in [-0.05, 0) is 37.1 Å². The molecule has 0 spiro atoms. The summed E-state index contributed by atoms with van der Waals surface area (Å²) in [7, 11) is 0. The van der Waals surface area contributed by atoms with Gasteiger partial charge in [-0.15, -0.1) is 11.3 Å². The number of rotatable bonds is 6. The molecule has 3 aromatic heterocycles. The van der Waals surface area contributed by atoms with Gasteiger partial charge in [-0.2, -0.15) is 0 Å². The molecule has 33 heavy (non-hydrogen) atoms. The van der Waals surface area contributed by atoms with E-state index in [1.165, 1.54) is 11.3 Å². The van der Waals surface area contributed by atoms with E-state index in [-0.39, 0.29) is 24.1 Å².